The molecule has 1 fully saturated rings. The number of hydrogen-bond acceptors (Lipinski definition) is 3. The van der Waals surface area contributed by atoms with Crippen LogP contribution in [0.25, 0.3) is 0 Å². The molecule has 88 valence electrons. The maximum absolute atomic E-state index is 7.18. The first-order chi connectivity index (χ1) is 7.02. The molecule has 0 radical (unpaired) electrons. The molecule has 5 heteroatoms. The summed E-state index contributed by atoms with van der Waals surface area (Å²) in [5.41, 5.74) is 5.29. The summed E-state index contributed by atoms with van der Waals surface area (Å²) in [6.45, 7) is 6.02. The molecule has 0 aliphatic carbocycles. The number of hydrogen-bond donors (Lipinski definition) is 3. The lowest BCUT2D eigenvalue weighted by molar-refractivity contribution is 0.0964. The van der Waals surface area contributed by atoms with Crippen LogP contribution in [0.2, 0.25) is 0 Å². The zero-order valence-corrected chi connectivity index (χ0v) is 9.74. The first-order valence-corrected chi connectivity index (χ1v) is 5.64. The quantitative estimate of drug-likeness (QED) is 0.273. The van der Waals surface area contributed by atoms with E-state index < -0.39 is 0 Å². The van der Waals surface area contributed by atoms with Crippen molar-refractivity contribution in [3.8, 4) is 0 Å². The fraction of sp³-hybridized carbons (Fsp3) is 0.900. The number of piperidine rings is 1. The van der Waals surface area contributed by atoms with Gasteiger partial charge in [-0.05, 0) is 26.7 Å². The van der Waals surface area contributed by atoms with Crippen LogP contribution < -0.4 is 11.6 Å². The van der Waals surface area contributed by atoms with E-state index in [9.17, 15) is 0 Å². The molecular formula is C10H23N5. The van der Waals surface area contributed by atoms with Gasteiger partial charge in [0.15, 0.2) is 0 Å². The molecule has 1 heterocycles. The molecule has 1 aliphatic heterocycles. The smallest absolute Gasteiger partial charge is 0.202 e. The van der Waals surface area contributed by atoms with Gasteiger partial charge in [-0.3, -0.25) is 15.3 Å². The summed E-state index contributed by atoms with van der Waals surface area (Å²) in [6.07, 6.45) is 3.84. The number of guanidine groups is 1. The molecule has 1 aliphatic rings. The van der Waals surface area contributed by atoms with Crippen LogP contribution in [0.1, 0.15) is 33.1 Å². The largest absolute Gasteiger partial charge is 0.369 e. The van der Waals surface area contributed by atoms with E-state index in [1.807, 2.05) is 0 Å². The van der Waals surface area contributed by atoms with Gasteiger partial charge in [0.25, 0.3) is 0 Å². The molecule has 0 spiro atoms. The predicted molar refractivity (Wildman–Crippen MR) is 62.3 cm³/mol. The molecule has 1 saturated heterocycles. The van der Waals surface area contributed by atoms with E-state index in [-0.39, 0.29) is 5.96 Å². The molecule has 0 aromatic rings. The Kier molecular flexibility index (Phi) is 4.35. The molecule has 1 rings (SSSR count). The Hall–Kier alpha value is -0.810. The summed E-state index contributed by atoms with van der Waals surface area (Å²) in [5, 5.41) is 8.48. The number of nitrogens with one attached hydrogen (secondary N) is 1. The number of hydrazine groups is 1. The minimum Gasteiger partial charge on any atom is -0.369 e. The Balaban J connectivity index is 2.38. The lowest BCUT2D eigenvalue weighted by Crippen LogP contribution is -2.50. The van der Waals surface area contributed by atoms with E-state index in [0.29, 0.717) is 18.6 Å². The second-order valence-corrected chi connectivity index (χ2v) is 4.45. The van der Waals surface area contributed by atoms with Crippen LogP contribution in [0, 0.1) is 5.41 Å². The van der Waals surface area contributed by atoms with Crippen LogP contribution in [-0.2, 0) is 0 Å². The molecule has 2 atom stereocenters. The van der Waals surface area contributed by atoms with Crippen molar-refractivity contribution in [1.82, 2.24) is 9.91 Å². The predicted octanol–water partition coefficient (Wildman–Crippen LogP) is 0.318. The van der Waals surface area contributed by atoms with Gasteiger partial charge in [0.2, 0.25) is 5.96 Å². The fourth-order valence-corrected chi connectivity index (χ4v) is 2.26. The van der Waals surface area contributed by atoms with Gasteiger partial charge in [-0.15, -0.1) is 0 Å². The summed E-state index contributed by atoms with van der Waals surface area (Å²) < 4.78 is 0. The normalized spacial score (nSPS) is 27.7. The molecular weight excluding hydrogens is 190 g/mol. The summed E-state index contributed by atoms with van der Waals surface area (Å²) >= 11 is 0. The molecule has 5 nitrogen and oxygen atoms in total. The molecule has 0 aromatic carbocycles. The average molecular weight is 213 g/mol. The van der Waals surface area contributed by atoms with E-state index in [1.165, 1.54) is 24.3 Å². The van der Waals surface area contributed by atoms with Crippen LogP contribution in [0.5, 0.6) is 0 Å². The van der Waals surface area contributed by atoms with E-state index in [4.69, 9.17) is 17.0 Å². The molecule has 0 unspecified atom stereocenters. The van der Waals surface area contributed by atoms with Crippen molar-refractivity contribution in [3.05, 3.63) is 0 Å². The number of nitrogens with two attached hydrogens (primary N) is 2. The van der Waals surface area contributed by atoms with Crippen molar-refractivity contribution in [2.75, 3.05) is 13.1 Å². The lowest BCUT2D eigenvalue weighted by atomic mass is 9.98. The standard InChI is InChI=1S/C10H23N5/c1-8-4-3-5-9(2)14(8)6-7-15(13)10(11)12/h8-9H,3-7,13H2,1-2H3,(H3,11,12)/t8-,9+. The number of nitrogens with zero attached hydrogens (tertiary/aromatic N) is 2. The van der Waals surface area contributed by atoms with Crippen LogP contribution in [-0.4, -0.2) is 41.0 Å². The summed E-state index contributed by atoms with van der Waals surface area (Å²) in [5.74, 6) is 5.52. The Morgan fingerprint density at radius 2 is 1.93 bits per heavy atom. The SMILES string of the molecule is C[C@@H]1CCC[C@H](C)N1CCN(N)C(=N)N. The number of likely N-dealkylation sites (tertiary alicyclic amines) is 1. The third-order valence-corrected chi connectivity index (χ3v) is 3.28. The van der Waals surface area contributed by atoms with Gasteiger partial charge in [-0.25, -0.2) is 5.84 Å². The van der Waals surface area contributed by atoms with E-state index in [1.54, 1.807) is 0 Å². The minimum absolute atomic E-state index is 0.0627. The molecule has 0 bridgehead atoms. The monoisotopic (exact) mass is 213 g/mol. The van der Waals surface area contributed by atoms with Gasteiger partial charge in [-0.1, -0.05) is 6.42 Å². The van der Waals surface area contributed by atoms with Crippen LogP contribution in [0.15, 0.2) is 0 Å². The van der Waals surface area contributed by atoms with Gasteiger partial charge >= 0.3 is 0 Å². The van der Waals surface area contributed by atoms with Gasteiger partial charge in [0.05, 0.1) is 0 Å². The topological polar surface area (TPSA) is 82.4 Å². The zero-order chi connectivity index (χ0) is 11.4. The highest BCUT2D eigenvalue weighted by Crippen LogP contribution is 2.21. The Morgan fingerprint density at radius 3 is 2.40 bits per heavy atom. The van der Waals surface area contributed by atoms with Crippen molar-refractivity contribution in [2.45, 2.75) is 45.2 Å². The van der Waals surface area contributed by atoms with Gasteiger partial charge in [0.1, 0.15) is 0 Å². The second kappa shape index (κ2) is 5.32. The van der Waals surface area contributed by atoms with Crippen LogP contribution in [0.4, 0.5) is 0 Å². The number of rotatable bonds is 3. The summed E-state index contributed by atoms with van der Waals surface area (Å²) in [6, 6.07) is 1.24. The lowest BCUT2D eigenvalue weighted by Gasteiger charge is -2.39. The van der Waals surface area contributed by atoms with Crippen LogP contribution >= 0.6 is 0 Å². The highest BCUT2D eigenvalue weighted by Gasteiger charge is 2.24. The van der Waals surface area contributed by atoms with Crippen molar-refractivity contribution in [1.29, 1.82) is 5.41 Å². The second-order valence-electron chi connectivity index (χ2n) is 4.45. The van der Waals surface area contributed by atoms with Gasteiger partial charge in [-0.2, -0.15) is 0 Å². The van der Waals surface area contributed by atoms with Crippen molar-refractivity contribution < 1.29 is 0 Å². The van der Waals surface area contributed by atoms with Gasteiger partial charge < -0.3 is 5.73 Å². The molecule has 15 heavy (non-hydrogen) atoms. The Morgan fingerprint density at radius 1 is 1.40 bits per heavy atom. The highest BCUT2D eigenvalue weighted by atomic mass is 15.5. The van der Waals surface area contributed by atoms with Crippen molar-refractivity contribution in [3.63, 3.8) is 0 Å². The molecule has 0 aromatic heterocycles. The Bertz CT molecular complexity index is 208. The first-order valence-electron chi connectivity index (χ1n) is 5.64. The van der Waals surface area contributed by atoms with Crippen LogP contribution in [0.3, 0.4) is 0 Å². The first kappa shape index (κ1) is 12.3. The highest BCUT2D eigenvalue weighted by molar-refractivity contribution is 5.73. The fourth-order valence-electron chi connectivity index (χ4n) is 2.26. The van der Waals surface area contributed by atoms with E-state index in [0.717, 1.165) is 6.54 Å². The molecule has 5 N–H and O–H groups in total. The summed E-state index contributed by atoms with van der Waals surface area (Å²) in [4.78, 5) is 2.45. The molecule has 0 amide bonds. The van der Waals surface area contributed by atoms with Gasteiger partial charge in [0, 0.05) is 25.2 Å². The zero-order valence-electron chi connectivity index (χ0n) is 9.74. The minimum atomic E-state index is -0.0627. The maximum Gasteiger partial charge on any atom is 0.202 e. The summed E-state index contributed by atoms with van der Waals surface area (Å²) in [7, 11) is 0. The third-order valence-electron chi connectivity index (χ3n) is 3.28. The van der Waals surface area contributed by atoms with Crippen molar-refractivity contribution >= 4 is 5.96 Å². The van der Waals surface area contributed by atoms with Crippen molar-refractivity contribution in [2.24, 2.45) is 11.6 Å². The molecule has 0 saturated carbocycles. The van der Waals surface area contributed by atoms with E-state index >= 15 is 0 Å². The third kappa shape index (κ3) is 3.35. The average Bonchev–Trinajstić information content (AvgIpc) is 2.16. The van der Waals surface area contributed by atoms with E-state index in [2.05, 4.69) is 18.7 Å². The Labute approximate surface area is 91.9 Å². The maximum atomic E-state index is 7.18.